The van der Waals surface area contributed by atoms with E-state index in [0.717, 1.165) is 44.9 Å². The van der Waals surface area contributed by atoms with Crippen LogP contribution in [0.5, 0.6) is 5.75 Å². The molecule has 0 amide bonds. The molecule has 96 valence electrons. The molecular weight excluding hydrogens is 223 g/mol. The van der Waals surface area contributed by atoms with Crippen LogP contribution in [0.15, 0.2) is 18.2 Å². The molecule has 1 aromatic carbocycles. The van der Waals surface area contributed by atoms with Gasteiger partial charge in [0.05, 0.1) is 7.11 Å². The second-order valence-corrected chi connectivity index (χ2v) is 4.81. The Labute approximate surface area is 111 Å². The van der Waals surface area contributed by atoms with Crippen molar-refractivity contribution in [3.8, 4) is 5.75 Å². The van der Waals surface area contributed by atoms with Crippen molar-refractivity contribution < 1.29 is 4.74 Å². The number of hydrogen-bond acceptors (Lipinski definition) is 3. The van der Waals surface area contributed by atoms with Crippen LogP contribution in [-0.2, 0) is 13.0 Å². The third-order valence-corrected chi connectivity index (χ3v) is 3.54. The largest absolute Gasteiger partial charge is 0.496 e. The molecule has 0 saturated carbocycles. The van der Waals surface area contributed by atoms with Crippen molar-refractivity contribution in [2.75, 3.05) is 33.3 Å². The lowest BCUT2D eigenvalue weighted by atomic mass is 10.1. The molecule has 2 rings (SSSR count). The summed E-state index contributed by atoms with van der Waals surface area (Å²) < 4.78 is 5.36. The van der Waals surface area contributed by atoms with Gasteiger partial charge in [0.15, 0.2) is 7.98 Å². The Morgan fingerprint density at radius 3 is 2.56 bits per heavy atom. The van der Waals surface area contributed by atoms with Gasteiger partial charge in [-0.25, -0.2) is 0 Å². The van der Waals surface area contributed by atoms with Crippen molar-refractivity contribution in [1.29, 1.82) is 0 Å². The van der Waals surface area contributed by atoms with Crippen molar-refractivity contribution in [2.24, 2.45) is 0 Å². The van der Waals surface area contributed by atoms with Crippen LogP contribution >= 0.6 is 0 Å². The minimum Gasteiger partial charge on any atom is -0.496 e. The van der Waals surface area contributed by atoms with Gasteiger partial charge < -0.3 is 9.55 Å². The molecule has 3 nitrogen and oxygen atoms in total. The zero-order valence-electron chi connectivity index (χ0n) is 11.4. The lowest BCUT2D eigenvalue weighted by Crippen LogP contribution is -2.44. The number of benzene rings is 1. The van der Waals surface area contributed by atoms with Gasteiger partial charge in [0.1, 0.15) is 5.75 Å². The van der Waals surface area contributed by atoms with Crippen molar-refractivity contribution in [1.82, 2.24) is 9.71 Å². The average Bonchev–Trinajstić information content (AvgIpc) is 2.41. The highest BCUT2D eigenvalue weighted by Crippen LogP contribution is 2.21. The summed E-state index contributed by atoms with van der Waals surface area (Å²) in [6, 6.07) is 6.49. The van der Waals surface area contributed by atoms with E-state index in [4.69, 9.17) is 12.7 Å². The molecule has 0 bridgehead atoms. The maximum atomic E-state index is 5.76. The molecule has 1 aromatic rings. The Kier molecular flexibility index (Phi) is 4.67. The van der Waals surface area contributed by atoms with E-state index in [1.807, 2.05) is 4.81 Å². The zero-order valence-corrected chi connectivity index (χ0v) is 11.4. The molecule has 1 aliphatic rings. The van der Waals surface area contributed by atoms with Gasteiger partial charge in [0.25, 0.3) is 0 Å². The fourth-order valence-corrected chi connectivity index (χ4v) is 2.39. The summed E-state index contributed by atoms with van der Waals surface area (Å²) in [4.78, 5) is 4.34. The number of methoxy groups -OCH3 is 1. The molecule has 1 fully saturated rings. The molecule has 0 N–H and O–H groups in total. The summed E-state index contributed by atoms with van der Waals surface area (Å²) in [7, 11) is 7.49. The Balaban J connectivity index is 2.01. The molecule has 0 aliphatic carbocycles. The van der Waals surface area contributed by atoms with Crippen LogP contribution in [0.3, 0.4) is 0 Å². The summed E-state index contributed by atoms with van der Waals surface area (Å²) in [6.07, 6.45) is 1.01. The lowest BCUT2D eigenvalue weighted by molar-refractivity contribution is 0.184. The van der Waals surface area contributed by atoms with Crippen LogP contribution in [-0.4, -0.2) is 51.0 Å². The first-order chi connectivity index (χ1) is 8.72. The molecule has 0 unspecified atom stereocenters. The molecule has 1 aliphatic heterocycles. The average molecular weight is 244 g/mol. The highest BCUT2D eigenvalue weighted by molar-refractivity contribution is 6.04. The van der Waals surface area contributed by atoms with Crippen molar-refractivity contribution >= 4 is 7.98 Å². The van der Waals surface area contributed by atoms with Crippen LogP contribution in [0, 0.1) is 0 Å². The first-order valence-corrected chi connectivity index (χ1v) is 6.60. The molecule has 0 spiro atoms. The molecule has 0 aromatic heterocycles. The molecule has 1 saturated heterocycles. The van der Waals surface area contributed by atoms with E-state index in [9.17, 15) is 0 Å². The fraction of sp³-hybridized carbons (Fsp3) is 0.571. The number of nitrogens with zero attached hydrogens (tertiary/aromatic N) is 2. The molecule has 1 heterocycles. The predicted molar refractivity (Wildman–Crippen MR) is 75.0 cm³/mol. The van der Waals surface area contributed by atoms with Crippen LogP contribution in [0.1, 0.15) is 18.1 Å². The standard InChI is InChI=1S/C14H21BN2O/c1-3-13-10-12(4-5-14(13)18-2)11-16-6-8-17(15)9-7-16/h4-5,10H,3,6-9,11H2,1-2H3. The van der Waals surface area contributed by atoms with Crippen LogP contribution in [0.4, 0.5) is 0 Å². The Hall–Kier alpha value is -0.995. The van der Waals surface area contributed by atoms with E-state index in [-0.39, 0.29) is 0 Å². The van der Waals surface area contributed by atoms with Crippen LogP contribution in [0.2, 0.25) is 0 Å². The first-order valence-electron chi connectivity index (χ1n) is 6.60. The summed E-state index contributed by atoms with van der Waals surface area (Å²) in [5, 5.41) is 0. The normalized spacial score (nSPS) is 17.9. The van der Waals surface area contributed by atoms with Crippen molar-refractivity contribution in [3.05, 3.63) is 29.3 Å². The van der Waals surface area contributed by atoms with Gasteiger partial charge in [0, 0.05) is 19.6 Å². The van der Waals surface area contributed by atoms with Crippen molar-refractivity contribution in [2.45, 2.75) is 19.9 Å². The molecule has 2 radical (unpaired) electrons. The molecule has 0 atom stereocenters. The maximum absolute atomic E-state index is 5.76. The maximum Gasteiger partial charge on any atom is 0.182 e. The molecule has 18 heavy (non-hydrogen) atoms. The van der Waals surface area contributed by atoms with Gasteiger partial charge in [-0.05, 0) is 36.7 Å². The molecule has 4 heteroatoms. The highest BCUT2D eigenvalue weighted by Gasteiger charge is 2.14. The monoisotopic (exact) mass is 244 g/mol. The number of aryl methyl sites for hydroxylation is 1. The van der Waals surface area contributed by atoms with Crippen LogP contribution in [0.25, 0.3) is 0 Å². The summed E-state index contributed by atoms with van der Waals surface area (Å²) in [5.74, 6) is 0.994. The zero-order chi connectivity index (χ0) is 13.0. The third-order valence-electron chi connectivity index (χ3n) is 3.54. The number of hydrogen-bond donors (Lipinski definition) is 0. The van der Waals surface area contributed by atoms with E-state index >= 15 is 0 Å². The molecular formula is C14H21BN2O. The van der Waals surface area contributed by atoms with Gasteiger partial charge in [0.2, 0.25) is 0 Å². The predicted octanol–water partition coefficient (Wildman–Crippen LogP) is 1.46. The van der Waals surface area contributed by atoms with Gasteiger partial charge in [-0.3, -0.25) is 4.90 Å². The van der Waals surface area contributed by atoms with Crippen molar-refractivity contribution in [3.63, 3.8) is 0 Å². The van der Waals surface area contributed by atoms with Gasteiger partial charge in [-0.2, -0.15) is 0 Å². The van der Waals surface area contributed by atoms with Gasteiger partial charge in [-0.15, -0.1) is 0 Å². The van der Waals surface area contributed by atoms with E-state index in [0.29, 0.717) is 0 Å². The smallest absolute Gasteiger partial charge is 0.182 e. The Morgan fingerprint density at radius 1 is 1.22 bits per heavy atom. The summed E-state index contributed by atoms with van der Waals surface area (Å²) in [5.41, 5.74) is 2.64. The Bertz CT molecular complexity index is 389. The SMILES string of the molecule is [B]N1CCN(Cc2ccc(OC)c(CC)c2)CC1. The highest BCUT2D eigenvalue weighted by atomic mass is 16.5. The topological polar surface area (TPSA) is 15.7 Å². The second-order valence-electron chi connectivity index (χ2n) is 4.81. The van der Waals surface area contributed by atoms with Gasteiger partial charge >= 0.3 is 0 Å². The number of rotatable bonds is 4. The summed E-state index contributed by atoms with van der Waals surface area (Å²) in [6.45, 7) is 7.17. The van der Waals surface area contributed by atoms with E-state index < -0.39 is 0 Å². The van der Waals surface area contributed by atoms with E-state index in [1.165, 1.54) is 11.1 Å². The second kappa shape index (κ2) is 6.25. The summed E-state index contributed by atoms with van der Waals surface area (Å²) >= 11 is 0. The van der Waals surface area contributed by atoms with E-state index in [2.05, 4.69) is 30.0 Å². The minimum atomic E-state index is 0.955. The lowest BCUT2D eigenvalue weighted by Gasteiger charge is -2.32. The van der Waals surface area contributed by atoms with Crippen LogP contribution < -0.4 is 4.74 Å². The number of ether oxygens (including phenoxy) is 1. The fourth-order valence-electron chi connectivity index (χ4n) is 2.39. The van der Waals surface area contributed by atoms with E-state index in [1.54, 1.807) is 7.11 Å². The minimum absolute atomic E-state index is 0.955. The Morgan fingerprint density at radius 2 is 1.94 bits per heavy atom. The third kappa shape index (κ3) is 3.27. The van der Waals surface area contributed by atoms with Gasteiger partial charge in [-0.1, -0.05) is 19.1 Å². The quantitative estimate of drug-likeness (QED) is 0.746. The number of piperazine rings is 1. The first kappa shape index (κ1) is 13.4.